The van der Waals surface area contributed by atoms with E-state index in [1.165, 1.54) is 0 Å². The highest BCUT2D eigenvalue weighted by Crippen LogP contribution is 2.14. The highest BCUT2D eigenvalue weighted by Gasteiger charge is 2.11. The van der Waals surface area contributed by atoms with Crippen LogP contribution in [0.25, 0.3) is 0 Å². The number of hydrogen-bond acceptors (Lipinski definition) is 4. The van der Waals surface area contributed by atoms with Gasteiger partial charge in [0.05, 0.1) is 12.2 Å². The van der Waals surface area contributed by atoms with Crippen molar-refractivity contribution < 1.29 is 14.6 Å². The SMILES string of the molecule is C/C(C=N)=C(\OCCCCCCC(C)(C)O)C(N)=O. The fraction of sp³-hybridized carbons (Fsp3) is 0.714. The van der Waals surface area contributed by atoms with Crippen molar-refractivity contribution in [2.75, 3.05) is 6.61 Å². The van der Waals surface area contributed by atoms with Gasteiger partial charge in [0.25, 0.3) is 5.91 Å². The molecule has 0 rings (SSSR count). The highest BCUT2D eigenvalue weighted by atomic mass is 16.5. The second-order valence-corrected chi connectivity index (χ2v) is 5.35. The van der Waals surface area contributed by atoms with E-state index >= 15 is 0 Å². The molecule has 0 aromatic heterocycles. The van der Waals surface area contributed by atoms with Gasteiger partial charge in [0.15, 0.2) is 5.76 Å². The standard InChI is InChI=1S/C14H26N2O3/c1-11(10-15)12(13(16)17)19-9-7-5-4-6-8-14(2,3)18/h10,15,18H,4-9H2,1-3H3,(H2,16,17)/b12-11+,15-10?. The second-order valence-electron chi connectivity index (χ2n) is 5.35. The molecule has 0 heterocycles. The first-order chi connectivity index (χ1) is 8.78. The van der Waals surface area contributed by atoms with Gasteiger partial charge in [0.2, 0.25) is 0 Å². The smallest absolute Gasteiger partial charge is 0.284 e. The van der Waals surface area contributed by atoms with Crippen molar-refractivity contribution in [1.82, 2.24) is 0 Å². The Morgan fingerprint density at radius 3 is 2.37 bits per heavy atom. The fourth-order valence-electron chi connectivity index (χ4n) is 1.63. The molecule has 19 heavy (non-hydrogen) atoms. The van der Waals surface area contributed by atoms with Crippen LogP contribution in [0.1, 0.15) is 52.9 Å². The Kier molecular flexibility index (Phi) is 8.07. The highest BCUT2D eigenvalue weighted by molar-refractivity contribution is 5.96. The first kappa shape index (κ1) is 17.6. The first-order valence-corrected chi connectivity index (χ1v) is 6.64. The van der Waals surface area contributed by atoms with Crippen molar-refractivity contribution in [2.24, 2.45) is 5.73 Å². The minimum atomic E-state index is -0.636. The van der Waals surface area contributed by atoms with Gasteiger partial charge in [-0.3, -0.25) is 4.79 Å². The van der Waals surface area contributed by atoms with Gasteiger partial charge in [-0.05, 0) is 33.6 Å². The van der Waals surface area contributed by atoms with Gasteiger partial charge in [0, 0.05) is 11.8 Å². The summed E-state index contributed by atoms with van der Waals surface area (Å²) < 4.78 is 5.31. The normalized spacial score (nSPS) is 12.8. The van der Waals surface area contributed by atoms with Crippen molar-refractivity contribution in [1.29, 1.82) is 5.41 Å². The van der Waals surface area contributed by atoms with Gasteiger partial charge in [-0.2, -0.15) is 0 Å². The molecule has 0 unspecified atom stereocenters. The largest absolute Gasteiger partial charge is 0.488 e. The molecule has 0 radical (unpaired) electrons. The van der Waals surface area contributed by atoms with Crippen molar-refractivity contribution in [3.05, 3.63) is 11.3 Å². The number of carbonyl (C=O) groups excluding carboxylic acids is 1. The van der Waals surface area contributed by atoms with E-state index in [1.54, 1.807) is 20.8 Å². The third-order valence-corrected chi connectivity index (χ3v) is 2.73. The van der Waals surface area contributed by atoms with Crippen LogP contribution < -0.4 is 5.73 Å². The van der Waals surface area contributed by atoms with Crippen LogP contribution in [-0.4, -0.2) is 29.4 Å². The van der Waals surface area contributed by atoms with E-state index in [4.69, 9.17) is 15.9 Å². The molecule has 0 saturated heterocycles. The molecule has 0 aliphatic carbocycles. The fourth-order valence-corrected chi connectivity index (χ4v) is 1.63. The van der Waals surface area contributed by atoms with Crippen LogP contribution in [-0.2, 0) is 9.53 Å². The number of allylic oxidation sites excluding steroid dienone is 1. The van der Waals surface area contributed by atoms with E-state index in [2.05, 4.69) is 0 Å². The van der Waals surface area contributed by atoms with E-state index in [-0.39, 0.29) is 5.76 Å². The number of primary amides is 1. The zero-order valence-electron chi connectivity index (χ0n) is 12.2. The molecular weight excluding hydrogens is 244 g/mol. The summed E-state index contributed by atoms with van der Waals surface area (Å²) in [5.41, 5.74) is 5.01. The Morgan fingerprint density at radius 2 is 1.89 bits per heavy atom. The van der Waals surface area contributed by atoms with Crippen LogP contribution in [0.5, 0.6) is 0 Å². The molecule has 0 aliphatic heterocycles. The zero-order valence-corrected chi connectivity index (χ0v) is 12.2. The number of rotatable bonds is 10. The molecule has 4 N–H and O–H groups in total. The monoisotopic (exact) mass is 270 g/mol. The summed E-state index contributed by atoms with van der Waals surface area (Å²) in [5, 5.41) is 16.6. The number of ether oxygens (including phenoxy) is 1. The molecule has 0 fully saturated rings. The molecule has 0 spiro atoms. The zero-order chi connectivity index (χ0) is 14.9. The van der Waals surface area contributed by atoms with E-state index in [1.807, 2.05) is 0 Å². The quantitative estimate of drug-likeness (QED) is 0.245. The Balaban J connectivity index is 3.80. The predicted molar refractivity (Wildman–Crippen MR) is 76.0 cm³/mol. The van der Waals surface area contributed by atoms with Crippen LogP contribution in [0.3, 0.4) is 0 Å². The van der Waals surface area contributed by atoms with E-state index in [0.717, 1.165) is 38.3 Å². The number of nitrogens with one attached hydrogen (secondary N) is 1. The van der Waals surface area contributed by atoms with Gasteiger partial charge in [-0.15, -0.1) is 0 Å². The minimum absolute atomic E-state index is 0.0755. The number of aliphatic hydroxyl groups is 1. The lowest BCUT2D eigenvalue weighted by molar-refractivity contribution is -0.118. The van der Waals surface area contributed by atoms with E-state index < -0.39 is 11.5 Å². The van der Waals surface area contributed by atoms with Crippen molar-refractivity contribution in [3.63, 3.8) is 0 Å². The molecule has 5 heteroatoms. The summed E-state index contributed by atoms with van der Waals surface area (Å²) in [6, 6.07) is 0. The lowest BCUT2D eigenvalue weighted by atomic mass is 10.0. The second kappa shape index (κ2) is 8.69. The number of hydrogen-bond donors (Lipinski definition) is 3. The first-order valence-electron chi connectivity index (χ1n) is 6.64. The maximum Gasteiger partial charge on any atom is 0.284 e. The Hall–Kier alpha value is -1.36. The van der Waals surface area contributed by atoms with Crippen molar-refractivity contribution in [3.8, 4) is 0 Å². The average Bonchev–Trinajstić information content (AvgIpc) is 2.30. The Morgan fingerprint density at radius 1 is 1.32 bits per heavy atom. The summed E-state index contributed by atoms with van der Waals surface area (Å²) in [6.07, 6.45) is 5.64. The molecule has 0 aromatic rings. The van der Waals surface area contributed by atoms with Gasteiger partial charge in [-0.25, -0.2) is 0 Å². The third-order valence-electron chi connectivity index (χ3n) is 2.73. The van der Waals surface area contributed by atoms with Gasteiger partial charge in [-0.1, -0.05) is 19.3 Å². The van der Waals surface area contributed by atoms with Crippen LogP contribution in [0.4, 0.5) is 0 Å². The summed E-state index contributed by atoms with van der Waals surface area (Å²) >= 11 is 0. The molecule has 0 aromatic carbocycles. The van der Waals surface area contributed by atoms with E-state index in [0.29, 0.717) is 12.2 Å². The predicted octanol–water partition coefficient (Wildman–Crippen LogP) is 2.13. The van der Waals surface area contributed by atoms with Crippen molar-refractivity contribution >= 4 is 12.1 Å². The van der Waals surface area contributed by atoms with Gasteiger partial charge < -0.3 is 21.0 Å². The number of unbranched alkanes of at least 4 members (excludes halogenated alkanes) is 3. The number of nitrogens with two attached hydrogens (primary N) is 1. The minimum Gasteiger partial charge on any atom is -0.488 e. The molecule has 5 nitrogen and oxygen atoms in total. The molecule has 1 amide bonds. The maximum absolute atomic E-state index is 11.1. The molecule has 0 atom stereocenters. The van der Waals surface area contributed by atoms with Gasteiger partial charge in [0.1, 0.15) is 0 Å². The lowest BCUT2D eigenvalue weighted by Crippen LogP contribution is -2.19. The summed E-state index contributed by atoms with van der Waals surface area (Å²) in [4.78, 5) is 11.1. The maximum atomic E-state index is 11.1. The third kappa shape index (κ3) is 9.25. The summed E-state index contributed by atoms with van der Waals surface area (Å²) in [7, 11) is 0. The average molecular weight is 270 g/mol. The van der Waals surface area contributed by atoms with Crippen LogP contribution in [0, 0.1) is 5.41 Å². The van der Waals surface area contributed by atoms with Crippen LogP contribution in [0.15, 0.2) is 11.3 Å². The molecule has 0 saturated carbocycles. The Bertz CT molecular complexity index is 330. The molecule has 0 aliphatic rings. The Labute approximate surface area is 115 Å². The number of carbonyl (C=O) groups is 1. The topological polar surface area (TPSA) is 96.4 Å². The van der Waals surface area contributed by atoms with Crippen LogP contribution in [0.2, 0.25) is 0 Å². The molecule has 110 valence electrons. The van der Waals surface area contributed by atoms with Crippen molar-refractivity contribution in [2.45, 2.75) is 58.5 Å². The number of amides is 1. The lowest BCUT2D eigenvalue weighted by Gasteiger charge is -2.16. The molecular formula is C14H26N2O3. The van der Waals surface area contributed by atoms with Gasteiger partial charge >= 0.3 is 0 Å². The van der Waals surface area contributed by atoms with E-state index in [9.17, 15) is 9.90 Å². The van der Waals surface area contributed by atoms with Crippen LogP contribution >= 0.6 is 0 Å². The summed E-state index contributed by atoms with van der Waals surface area (Å²) in [5.74, 6) is -0.561. The summed E-state index contributed by atoms with van der Waals surface area (Å²) in [6.45, 7) is 5.66. The molecule has 0 bridgehead atoms.